The summed E-state index contributed by atoms with van der Waals surface area (Å²) in [4.78, 5) is 16.0. The molecule has 4 nitrogen and oxygen atoms in total. The van der Waals surface area contributed by atoms with Crippen molar-refractivity contribution >= 4 is 12.6 Å². The van der Waals surface area contributed by atoms with Crippen LogP contribution in [0, 0.1) is 5.92 Å². The van der Waals surface area contributed by atoms with E-state index in [4.69, 9.17) is 0 Å². The van der Waals surface area contributed by atoms with Crippen LogP contribution in [0.3, 0.4) is 0 Å². The maximum absolute atomic E-state index is 12.3. The number of hydrogen-bond donors (Lipinski definition) is 2. The lowest BCUT2D eigenvalue weighted by atomic mass is 9.67. The zero-order valence-electron chi connectivity index (χ0n) is 14.3. The largest absolute Gasteiger partial charge is 0.505 e. The van der Waals surface area contributed by atoms with Gasteiger partial charge >= 0.3 is 0 Å². The van der Waals surface area contributed by atoms with Gasteiger partial charge in [0.05, 0.1) is 0 Å². The Morgan fingerprint density at radius 3 is 2.54 bits per heavy atom. The molecule has 0 atom stereocenters. The topological polar surface area (TPSA) is 61.7 Å². The van der Waals surface area contributed by atoms with Crippen LogP contribution in [0.5, 0.6) is 0 Å². The van der Waals surface area contributed by atoms with Gasteiger partial charge in [-0.05, 0) is 50.0 Å². The standard InChI is InChI=1S/C20H26N2O2/c1-4-17(23)18(21-3)19(24)22-14-20(12-10-15(2)11-13-20)16-8-6-5-7-9-16/h4-9,15,23H,1,3,10-14H2,2H3,(H,22,24)/b18-17+. The van der Waals surface area contributed by atoms with Crippen molar-refractivity contribution in [2.75, 3.05) is 6.54 Å². The molecule has 0 bridgehead atoms. The molecule has 1 aliphatic rings. The van der Waals surface area contributed by atoms with Crippen molar-refractivity contribution in [1.82, 2.24) is 5.32 Å². The van der Waals surface area contributed by atoms with Crippen molar-refractivity contribution in [2.45, 2.75) is 38.0 Å². The van der Waals surface area contributed by atoms with Crippen LogP contribution in [-0.2, 0) is 10.2 Å². The van der Waals surface area contributed by atoms with E-state index in [2.05, 4.69) is 42.7 Å². The summed E-state index contributed by atoms with van der Waals surface area (Å²) in [6.45, 7) is 9.61. The molecule has 1 aromatic carbocycles. The monoisotopic (exact) mass is 326 g/mol. The first-order chi connectivity index (χ1) is 11.5. The molecule has 1 saturated carbocycles. The quantitative estimate of drug-likeness (QED) is 0.360. The van der Waals surface area contributed by atoms with E-state index < -0.39 is 5.91 Å². The molecule has 24 heavy (non-hydrogen) atoms. The van der Waals surface area contributed by atoms with Crippen LogP contribution < -0.4 is 5.32 Å². The number of aliphatic imine (C=N–C) groups is 1. The Hall–Kier alpha value is -2.36. The van der Waals surface area contributed by atoms with Gasteiger partial charge in [-0.15, -0.1) is 0 Å². The first-order valence-electron chi connectivity index (χ1n) is 8.38. The third-order valence-corrected chi connectivity index (χ3v) is 5.01. The van der Waals surface area contributed by atoms with Gasteiger partial charge < -0.3 is 10.4 Å². The average molecular weight is 326 g/mol. The second-order valence-corrected chi connectivity index (χ2v) is 6.61. The molecule has 0 unspecified atom stereocenters. The predicted octanol–water partition coefficient (Wildman–Crippen LogP) is 3.91. The number of rotatable bonds is 6. The molecule has 0 aliphatic heterocycles. The number of nitrogens with one attached hydrogen (secondary N) is 1. The predicted molar refractivity (Wildman–Crippen MR) is 98.2 cm³/mol. The molecular formula is C20H26N2O2. The van der Waals surface area contributed by atoms with Crippen LogP contribution in [0.15, 0.2) is 59.4 Å². The van der Waals surface area contributed by atoms with Gasteiger partial charge in [-0.2, -0.15) is 0 Å². The van der Waals surface area contributed by atoms with Gasteiger partial charge in [-0.3, -0.25) is 9.79 Å². The summed E-state index contributed by atoms with van der Waals surface area (Å²) in [6, 6.07) is 10.3. The second kappa shape index (κ2) is 7.95. The van der Waals surface area contributed by atoms with Crippen molar-refractivity contribution < 1.29 is 9.90 Å². The highest BCUT2D eigenvalue weighted by atomic mass is 16.3. The summed E-state index contributed by atoms with van der Waals surface area (Å²) in [5, 5.41) is 12.6. The molecule has 1 aromatic rings. The molecule has 0 radical (unpaired) electrons. The van der Waals surface area contributed by atoms with Gasteiger partial charge in [-0.1, -0.05) is 43.8 Å². The number of amides is 1. The first kappa shape index (κ1) is 18.0. The van der Waals surface area contributed by atoms with E-state index in [1.54, 1.807) is 0 Å². The Labute approximate surface area is 144 Å². The molecule has 1 fully saturated rings. The molecule has 0 aromatic heterocycles. The fraction of sp³-hybridized carbons (Fsp3) is 0.400. The molecule has 0 heterocycles. The zero-order chi connectivity index (χ0) is 17.6. The maximum Gasteiger partial charge on any atom is 0.273 e. The zero-order valence-corrected chi connectivity index (χ0v) is 14.3. The molecule has 128 valence electrons. The Morgan fingerprint density at radius 2 is 2.00 bits per heavy atom. The van der Waals surface area contributed by atoms with Crippen LogP contribution >= 0.6 is 0 Å². The number of hydrogen-bond acceptors (Lipinski definition) is 3. The Morgan fingerprint density at radius 1 is 1.38 bits per heavy atom. The van der Waals surface area contributed by atoms with Gasteiger partial charge in [0.2, 0.25) is 0 Å². The van der Waals surface area contributed by atoms with E-state index in [1.165, 1.54) is 11.6 Å². The van der Waals surface area contributed by atoms with Gasteiger partial charge in [0, 0.05) is 12.0 Å². The summed E-state index contributed by atoms with van der Waals surface area (Å²) >= 11 is 0. The third-order valence-electron chi connectivity index (χ3n) is 5.01. The maximum atomic E-state index is 12.3. The SMILES string of the molecule is C=C/C(O)=C(\N=C)C(=O)NCC1(c2ccccc2)CCC(C)CC1. The summed E-state index contributed by atoms with van der Waals surface area (Å²) in [6.07, 6.45) is 5.55. The van der Waals surface area contributed by atoms with Crippen LogP contribution in [0.4, 0.5) is 0 Å². The minimum Gasteiger partial charge on any atom is -0.505 e. The lowest BCUT2D eigenvalue weighted by molar-refractivity contribution is -0.118. The Bertz CT molecular complexity index is 626. The minimum atomic E-state index is -0.420. The fourth-order valence-electron chi connectivity index (χ4n) is 3.37. The van der Waals surface area contributed by atoms with Crippen molar-refractivity contribution in [3.05, 3.63) is 60.0 Å². The van der Waals surface area contributed by atoms with E-state index in [-0.39, 0.29) is 16.9 Å². The molecule has 4 heteroatoms. The van der Waals surface area contributed by atoms with E-state index in [0.717, 1.165) is 25.7 Å². The summed E-state index contributed by atoms with van der Waals surface area (Å²) in [5.74, 6) is 0.0394. The molecular weight excluding hydrogens is 300 g/mol. The summed E-state index contributed by atoms with van der Waals surface area (Å²) in [5.41, 5.74) is 1.10. The number of carbonyl (C=O) groups excluding carboxylic acids is 1. The van der Waals surface area contributed by atoms with Crippen LogP contribution in [0.1, 0.15) is 38.2 Å². The highest BCUT2D eigenvalue weighted by Crippen LogP contribution is 2.41. The summed E-state index contributed by atoms with van der Waals surface area (Å²) in [7, 11) is 0. The van der Waals surface area contributed by atoms with Crippen molar-refractivity contribution in [3.63, 3.8) is 0 Å². The lowest BCUT2D eigenvalue weighted by Gasteiger charge is -2.40. The molecule has 1 aliphatic carbocycles. The average Bonchev–Trinajstić information content (AvgIpc) is 2.62. The molecule has 2 rings (SSSR count). The fourth-order valence-corrected chi connectivity index (χ4v) is 3.37. The van der Waals surface area contributed by atoms with Gasteiger partial charge in [0.15, 0.2) is 5.70 Å². The number of aliphatic hydroxyl groups excluding tert-OH is 1. The minimum absolute atomic E-state index is 0.0699. The number of nitrogens with zero attached hydrogens (tertiary/aromatic N) is 1. The summed E-state index contributed by atoms with van der Waals surface area (Å²) < 4.78 is 0. The lowest BCUT2D eigenvalue weighted by Crippen LogP contribution is -2.43. The van der Waals surface area contributed by atoms with Crippen molar-refractivity contribution in [3.8, 4) is 0 Å². The third kappa shape index (κ3) is 3.94. The number of carbonyl (C=O) groups is 1. The van der Waals surface area contributed by atoms with Gasteiger partial charge in [0.25, 0.3) is 5.91 Å². The molecule has 1 amide bonds. The van der Waals surface area contributed by atoms with Crippen molar-refractivity contribution in [2.24, 2.45) is 10.9 Å². The number of allylic oxidation sites excluding steroid dienone is 1. The molecule has 0 saturated heterocycles. The highest BCUT2D eigenvalue weighted by molar-refractivity contribution is 5.94. The molecule has 2 N–H and O–H groups in total. The van der Waals surface area contributed by atoms with E-state index in [0.29, 0.717) is 12.5 Å². The van der Waals surface area contributed by atoms with Crippen LogP contribution in [0.25, 0.3) is 0 Å². The van der Waals surface area contributed by atoms with E-state index >= 15 is 0 Å². The number of aliphatic hydroxyl groups is 1. The Kier molecular flexibility index (Phi) is 5.96. The first-order valence-corrected chi connectivity index (χ1v) is 8.38. The highest BCUT2D eigenvalue weighted by Gasteiger charge is 2.36. The van der Waals surface area contributed by atoms with Gasteiger partial charge in [0.1, 0.15) is 5.76 Å². The van der Waals surface area contributed by atoms with Crippen LogP contribution in [-0.4, -0.2) is 24.3 Å². The van der Waals surface area contributed by atoms with E-state index in [1.807, 2.05) is 18.2 Å². The van der Waals surface area contributed by atoms with E-state index in [9.17, 15) is 9.90 Å². The number of benzene rings is 1. The smallest absolute Gasteiger partial charge is 0.273 e. The van der Waals surface area contributed by atoms with Gasteiger partial charge in [-0.25, -0.2) is 0 Å². The normalized spacial score (nSPS) is 24.6. The molecule has 0 spiro atoms. The Balaban J connectivity index is 2.20. The van der Waals surface area contributed by atoms with Crippen molar-refractivity contribution in [1.29, 1.82) is 0 Å². The second-order valence-electron chi connectivity index (χ2n) is 6.61. The van der Waals surface area contributed by atoms with Crippen LogP contribution in [0.2, 0.25) is 0 Å².